The van der Waals surface area contributed by atoms with Gasteiger partial charge in [-0.1, -0.05) is 30.0 Å². The first-order valence-corrected chi connectivity index (χ1v) is 11.0. The number of carboxylic acids is 2. The highest BCUT2D eigenvalue weighted by atomic mass is 32.2. The summed E-state index contributed by atoms with van der Waals surface area (Å²) in [6.07, 6.45) is -0.246. The number of amides is 2. The normalized spacial score (nSPS) is 15.5. The molecular weight excluding hydrogens is 466 g/mol. The van der Waals surface area contributed by atoms with Crippen molar-refractivity contribution in [2.75, 3.05) is 25.1 Å². The Labute approximate surface area is 199 Å². The van der Waals surface area contributed by atoms with Crippen LogP contribution in [0, 0.1) is 0 Å². The molecule has 1 aliphatic rings. The molecule has 0 saturated carbocycles. The number of carboxylic acid groups (broad SMARTS) is 2. The largest absolute Gasteiger partial charge is 0.492 e. The summed E-state index contributed by atoms with van der Waals surface area (Å²) < 4.78 is 5.75. The van der Waals surface area contributed by atoms with Crippen LogP contribution >= 0.6 is 11.8 Å². The summed E-state index contributed by atoms with van der Waals surface area (Å²) in [5.41, 5.74) is 1.00. The van der Waals surface area contributed by atoms with Crippen LogP contribution in [0.5, 0.6) is 5.75 Å². The van der Waals surface area contributed by atoms with Gasteiger partial charge in [0.2, 0.25) is 5.91 Å². The molecule has 4 N–H and O–H groups in total. The van der Waals surface area contributed by atoms with Crippen LogP contribution in [0.1, 0.15) is 12.0 Å². The van der Waals surface area contributed by atoms with E-state index in [9.17, 15) is 19.2 Å². The predicted octanol–water partition coefficient (Wildman–Crippen LogP) is 1.40. The molecule has 2 aromatic rings. The van der Waals surface area contributed by atoms with Gasteiger partial charge in [0.1, 0.15) is 18.2 Å². The molecule has 0 bridgehead atoms. The van der Waals surface area contributed by atoms with Crippen molar-refractivity contribution in [2.24, 2.45) is 0 Å². The minimum Gasteiger partial charge on any atom is -0.492 e. The lowest BCUT2D eigenvalue weighted by atomic mass is 10.1. The number of nitrogens with one attached hydrogen (secondary N) is 1. The molecule has 1 aromatic carbocycles. The monoisotopic (exact) mass is 491 g/mol. The number of hydrogen-bond acceptors (Lipinski definition) is 9. The van der Waals surface area contributed by atoms with Gasteiger partial charge in [-0.05, 0) is 36.2 Å². The van der Waals surface area contributed by atoms with Crippen molar-refractivity contribution >= 4 is 40.7 Å². The van der Waals surface area contributed by atoms with E-state index in [-0.39, 0.29) is 16.4 Å². The van der Waals surface area contributed by atoms with E-state index in [1.165, 1.54) is 0 Å². The average molecular weight is 492 g/mol. The zero-order valence-corrected chi connectivity index (χ0v) is 19.1. The topological polar surface area (TPSA) is 166 Å². The summed E-state index contributed by atoms with van der Waals surface area (Å²) in [4.78, 5) is 48.5. The summed E-state index contributed by atoms with van der Waals surface area (Å²) in [5, 5.41) is 25.8. The molecular formula is C22H25N3O8S. The highest BCUT2D eigenvalue weighted by Crippen LogP contribution is 2.23. The number of benzene rings is 1. The molecule has 2 heterocycles. The number of imide groups is 1. The molecule has 3 rings (SSSR count). The molecule has 0 aliphatic carbocycles. The standard InChI is InChI=1S/C18H19N3O3S.C4H6O5/c1-21(16-4-2-3-9-19-16)10-11-24-14-7-5-13(6-8-14)12-15-17(22)20-18(23)25-15;5-2(4(8)9)1-3(6)7/h2-9,15H,10-12H2,1H3,(H,20,22,23);2,5H,1H2,(H,6,7)(H,8,9)/t;2-/m.1/s1. The third kappa shape index (κ3) is 9.08. The summed E-state index contributed by atoms with van der Waals surface area (Å²) in [7, 11) is 1.97. The van der Waals surface area contributed by atoms with Crippen LogP contribution in [0.2, 0.25) is 0 Å². The Kier molecular flexibility index (Phi) is 10.3. The maximum Gasteiger partial charge on any atom is 0.333 e. The van der Waals surface area contributed by atoms with E-state index in [4.69, 9.17) is 20.1 Å². The van der Waals surface area contributed by atoms with Gasteiger partial charge >= 0.3 is 11.9 Å². The Morgan fingerprint density at radius 1 is 1.18 bits per heavy atom. The quantitative estimate of drug-likeness (QED) is 0.379. The number of likely N-dealkylation sites (N-methyl/N-ethyl adjacent to an activating group) is 1. The second-order valence-corrected chi connectivity index (χ2v) is 8.32. The molecule has 2 amide bonds. The Balaban J connectivity index is 0.000000387. The lowest BCUT2D eigenvalue weighted by molar-refractivity contribution is -0.152. The third-order valence-corrected chi connectivity index (χ3v) is 5.48. The van der Waals surface area contributed by atoms with Crippen LogP contribution < -0.4 is 15.0 Å². The first-order valence-electron chi connectivity index (χ1n) is 10.1. The van der Waals surface area contributed by atoms with E-state index in [0.717, 1.165) is 35.4 Å². The van der Waals surface area contributed by atoms with Gasteiger partial charge < -0.3 is 25.0 Å². The highest BCUT2D eigenvalue weighted by Gasteiger charge is 2.31. The van der Waals surface area contributed by atoms with Gasteiger partial charge in [-0.3, -0.25) is 19.7 Å². The van der Waals surface area contributed by atoms with Gasteiger partial charge in [0.25, 0.3) is 5.24 Å². The Morgan fingerprint density at radius 2 is 1.88 bits per heavy atom. The van der Waals surface area contributed by atoms with Gasteiger partial charge in [-0.2, -0.15) is 0 Å². The van der Waals surface area contributed by atoms with Crippen molar-refractivity contribution in [2.45, 2.75) is 24.2 Å². The van der Waals surface area contributed by atoms with Crippen molar-refractivity contribution in [3.05, 3.63) is 54.2 Å². The average Bonchev–Trinajstić information content (AvgIpc) is 3.11. The first kappa shape index (κ1) is 26.6. The fourth-order valence-corrected chi connectivity index (χ4v) is 3.57. The molecule has 182 valence electrons. The van der Waals surface area contributed by atoms with Gasteiger partial charge in [0.15, 0.2) is 6.10 Å². The summed E-state index contributed by atoms with van der Waals surface area (Å²) in [6, 6.07) is 13.4. The van der Waals surface area contributed by atoms with Crippen molar-refractivity contribution in [3.63, 3.8) is 0 Å². The van der Waals surface area contributed by atoms with E-state index in [0.29, 0.717) is 13.0 Å². The van der Waals surface area contributed by atoms with Gasteiger partial charge in [0, 0.05) is 13.2 Å². The fourth-order valence-electron chi connectivity index (χ4n) is 2.71. The van der Waals surface area contributed by atoms with Crippen molar-refractivity contribution in [1.82, 2.24) is 10.3 Å². The van der Waals surface area contributed by atoms with Crippen molar-refractivity contribution < 1.29 is 39.2 Å². The molecule has 2 atom stereocenters. The van der Waals surface area contributed by atoms with E-state index in [1.807, 2.05) is 54.4 Å². The van der Waals surface area contributed by atoms with Crippen LogP contribution in [0.25, 0.3) is 0 Å². The highest BCUT2D eigenvalue weighted by molar-refractivity contribution is 8.15. The smallest absolute Gasteiger partial charge is 0.333 e. The molecule has 1 unspecified atom stereocenters. The summed E-state index contributed by atoms with van der Waals surface area (Å²) in [5.74, 6) is -1.38. The van der Waals surface area contributed by atoms with Crippen LogP contribution in [-0.4, -0.2) is 74.9 Å². The molecule has 11 nitrogen and oxygen atoms in total. The van der Waals surface area contributed by atoms with Crippen LogP contribution in [0.4, 0.5) is 10.6 Å². The number of thioether (sulfide) groups is 1. The van der Waals surface area contributed by atoms with E-state index in [2.05, 4.69) is 10.3 Å². The Bertz CT molecular complexity index is 987. The second kappa shape index (κ2) is 13.2. The van der Waals surface area contributed by atoms with Crippen LogP contribution in [0.15, 0.2) is 48.7 Å². The summed E-state index contributed by atoms with van der Waals surface area (Å²) >= 11 is 1.05. The number of aliphatic hydroxyl groups is 1. The number of nitrogens with zero attached hydrogens (tertiary/aromatic N) is 2. The van der Waals surface area contributed by atoms with Gasteiger partial charge in [-0.15, -0.1) is 0 Å². The summed E-state index contributed by atoms with van der Waals surface area (Å²) in [6.45, 7) is 1.27. The SMILES string of the molecule is CN(CCOc1ccc(CC2SC(=O)NC2=O)cc1)c1ccccn1.O=C(O)C[C@@H](O)C(=O)O. The molecule has 34 heavy (non-hydrogen) atoms. The van der Waals surface area contributed by atoms with E-state index < -0.39 is 24.5 Å². The molecule has 12 heteroatoms. The molecule has 0 radical (unpaired) electrons. The second-order valence-electron chi connectivity index (χ2n) is 7.14. The maximum atomic E-state index is 11.6. The Morgan fingerprint density at radius 3 is 2.38 bits per heavy atom. The number of aliphatic hydroxyl groups excluding tert-OH is 1. The molecule has 1 saturated heterocycles. The number of hydrogen-bond donors (Lipinski definition) is 4. The lowest BCUT2D eigenvalue weighted by Gasteiger charge is -2.18. The molecule has 1 fully saturated rings. The minimum atomic E-state index is -1.79. The Hall–Kier alpha value is -3.64. The fraction of sp³-hybridized carbons (Fsp3) is 0.318. The van der Waals surface area contributed by atoms with E-state index >= 15 is 0 Å². The number of anilines is 1. The van der Waals surface area contributed by atoms with E-state index in [1.54, 1.807) is 6.20 Å². The number of aromatic nitrogens is 1. The number of pyridine rings is 1. The van der Waals surface area contributed by atoms with Crippen LogP contribution in [-0.2, 0) is 20.8 Å². The first-order chi connectivity index (χ1) is 16.2. The molecule has 0 spiro atoms. The minimum absolute atomic E-state index is 0.215. The molecule has 1 aromatic heterocycles. The predicted molar refractivity (Wildman–Crippen MR) is 124 cm³/mol. The maximum absolute atomic E-state index is 11.6. The zero-order valence-electron chi connectivity index (χ0n) is 18.3. The molecule has 1 aliphatic heterocycles. The zero-order chi connectivity index (χ0) is 25.1. The number of rotatable bonds is 10. The number of ether oxygens (including phenoxy) is 1. The van der Waals surface area contributed by atoms with Crippen LogP contribution in [0.3, 0.4) is 0 Å². The number of carbonyl (C=O) groups is 4. The van der Waals surface area contributed by atoms with Gasteiger partial charge in [0.05, 0.1) is 18.2 Å². The van der Waals surface area contributed by atoms with Gasteiger partial charge in [-0.25, -0.2) is 9.78 Å². The van der Waals surface area contributed by atoms with Crippen molar-refractivity contribution in [3.8, 4) is 5.75 Å². The lowest BCUT2D eigenvalue weighted by Crippen LogP contribution is -2.25. The number of carbonyl (C=O) groups excluding carboxylic acids is 2. The number of aliphatic carboxylic acids is 2. The third-order valence-electron chi connectivity index (χ3n) is 4.50. The van der Waals surface area contributed by atoms with Crippen molar-refractivity contribution in [1.29, 1.82) is 0 Å².